The van der Waals surface area contributed by atoms with Crippen LogP contribution in [0, 0.1) is 0 Å². The summed E-state index contributed by atoms with van der Waals surface area (Å²) in [6.07, 6.45) is -8.10. The van der Waals surface area contributed by atoms with Gasteiger partial charge in [0.25, 0.3) is 6.43 Å². The molecule has 1 fully saturated rings. The third-order valence-corrected chi connectivity index (χ3v) is 18.9. The van der Waals surface area contributed by atoms with E-state index >= 15 is 4.79 Å². The van der Waals surface area contributed by atoms with E-state index < -0.39 is 89.3 Å². The number of rotatable bonds is 11. The lowest BCUT2D eigenvalue weighted by Crippen LogP contribution is -2.30. The fourth-order valence-corrected chi connectivity index (χ4v) is 17.4. The van der Waals surface area contributed by atoms with Crippen LogP contribution in [-0.2, 0) is 30.5 Å². The predicted octanol–water partition coefficient (Wildman–Crippen LogP) is 11.2. The van der Waals surface area contributed by atoms with Crippen LogP contribution in [0.4, 0.5) is 26.3 Å². The molecule has 0 aliphatic heterocycles. The fraction of sp³-hybridized carbons (Fsp3) is 0.145. The molecule has 0 saturated heterocycles. The molecule has 2 N–H and O–H groups in total. The SMILES string of the molecule is O=C(OCC(O)(F)F)c1cc(C(=O)OCC(F)F)c(C2(c3ccccc3)C34C5=c6ccc7c8ccc9c%10ccc%11c%12ccc%13c%14c(c%15c%16c3c6c7c3c8c9c6c%10c%11c(c%14%12)c%15c6c%163)C42C=%13C=C5)cc1C(=O)OCC(O)(F)F. The monoisotopic (exact) mass is 1010 g/mol. The molecular formula is C62H26F6O8. The molecular weight excluding hydrogens is 987 g/mol. The van der Waals surface area contributed by atoms with Gasteiger partial charge >= 0.3 is 30.1 Å². The maximum atomic E-state index is 15.1. The van der Waals surface area contributed by atoms with Crippen molar-refractivity contribution >= 4 is 148 Å². The molecule has 2 atom stereocenters. The molecule has 0 amide bonds. The number of hydrogen-bond acceptors (Lipinski definition) is 8. The van der Waals surface area contributed by atoms with Gasteiger partial charge in [0.1, 0.15) is 0 Å². The molecule has 5 aliphatic rings. The lowest BCUT2D eigenvalue weighted by Gasteiger charge is -2.32. The molecule has 2 unspecified atom stereocenters. The molecule has 76 heavy (non-hydrogen) atoms. The fourth-order valence-electron chi connectivity index (χ4n) is 17.4. The predicted molar refractivity (Wildman–Crippen MR) is 272 cm³/mol. The van der Waals surface area contributed by atoms with Crippen LogP contribution in [0.1, 0.15) is 53.3 Å². The van der Waals surface area contributed by atoms with Gasteiger partial charge in [-0.1, -0.05) is 91.0 Å². The van der Waals surface area contributed by atoms with Crippen LogP contribution in [0.3, 0.4) is 0 Å². The number of ether oxygens (including phenoxy) is 3. The molecule has 14 aromatic carbocycles. The normalized spacial score (nSPS) is 21.4. The number of esters is 3. The Morgan fingerprint density at radius 1 is 0.447 bits per heavy atom. The number of hydrogen-bond donors (Lipinski definition) is 2. The minimum atomic E-state index is -4.59. The zero-order valence-corrected chi connectivity index (χ0v) is 38.6. The van der Waals surface area contributed by atoms with Gasteiger partial charge in [-0.2, -0.15) is 17.6 Å². The van der Waals surface area contributed by atoms with Gasteiger partial charge in [-0.25, -0.2) is 23.2 Å². The van der Waals surface area contributed by atoms with Crippen molar-refractivity contribution in [2.45, 2.75) is 34.9 Å². The molecule has 14 heteroatoms. The molecule has 0 heterocycles. The van der Waals surface area contributed by atoms with Gasteiger partial charge in [-0.05, 0) is 174 Å². The topological polar surface area (TPSA) is 119 Å². The number of aliphatic hydroxyl groups is 2. The van der Waals surface area contributed by atoms with Crippen LogP contribution in [0.15, 0.2) is 103 Å². The lowest BCUT2D eigenvalue weighted by molar-refractivity contribution is -0.222. The zero-order chi connectivity index (χ0) is 51.1. The Morgan fingerprint density at radius 2 is 0.829 bits per heavy atom. The second-order valence-electron chi connectivity index (χ2n) is 21.6. The van der Waals surface area contributed by atoms with Crippen molar-refractivity contribution in [1.82, 2.24) is 0 Å². The first-order valence-electron chi connectivity index (χ1n) is 24.7. The van der Waals surface area contributed by atoms with Crippen molar-refractivity contribution in [1.29, 1.82) is 0 Å². The highest BCUT2D eigenvalue weighted by molar-refractivity contribution is 6.64. The van der Waals surface area contributed by atoms with Crippen molar-refractivity contribution in [3.05, 3.63) is 153 Å². The average Bonchev–Trinajstić information content (AvgIpc) is 1.53. The smallest absolute Gasteiger partial charge is 0.387 e. The molecule has 0 radical (unpaired) electrons. The number of allylic oxidation sites excluding steroid dienone is 2. The largest absolute Gasteiger partial charge is 0.456 e. The van der Waals surface area contributed by atoms with Crippen LogP contribution in [-0.4, -0.2) is 66.6 Å². The minimum absolute atomic E-state index is 0.0369. The van der Waals surface area contributed by atoms with E-state index in [-0.39, 0.29) is 5.56 Å². The van der Waals surface area contributed by atoms with Crippen molar-refractivity contribution in [2.75, 3.05) is 19.8 Å². The van der Waals surface area contributed by atoms with E-state index in [1.807, 2.05) is 30.3 Å². The van der Waals surface area contributed by atoms with Gasteiger partial charge in [0, 0.05) is 0 Å². The molecule has 1 saturated carbocycles. The molecule has 8 nitrogen and oxygen atoms in total. The third-order valence-electron chi connectivity index (χ3n) is 18.9. The van der Waals surface area contributed by atoms with E-state index in [9.17, 15) is 46.1 Å². The van der Waals surface area contributed by atoms with E-state index in [0.717, 1.165) is 120 Å². The van der Waals surface area contributed by atoms with Crippen molar-refractivity contribution < 1.29 is 65.1 Å². The molecule has 0 bridgehead atoms. The highest BCUT2D eigenvalue weighted by Gasteiger charge is 2.94. The van der Waals surface area contributed by atoms with E-state index in [2.05, 4.69) is 60.7 Å². The van der Waals surface area contributed by atoms with Crippen LogP contribution in [0.2, 0.25) is 0 Å². The number of alkyl halides is 6. The standard InChI is InChI=1S/C62H26F6O8/c63-36(64)18-74-57(71)32-16-30(55(69)75-19-58(65,66)72)31(56(70)76-20-59(67,68)73)17-35(32)60(21-4-2-1-3-5-21)61-33-14-15-34-29-13-11-27-25-9-7-23-22-6-8-24-26-10-12-28(33)43-41(26)46-39(24)37(22)45-38(23)40(25)47-42(27)44(29)54(62(34,60)61)52-50(47)48(45)49(46)51(52)53(43)61/h1-17,36,72-73H,18-20H2. The lowest BCUT2D eigenvalue weighted by atomic mass is 9.68. The minimum Gasteiger partial charge on any atom is -0.456 e. The van der Waals surface area contributed by atoms with E-state index in [1.54, 1.807) is 0 Å². The van der Waals surface area contributed by atoms with Crippen LogP contribution < -0.4 is 10.4 Å². The summed E-state index contributed by atoms with van der Waals surface area (Å²) < 4.78 is 100. The van der Waals surface area contributed by atoms with Crippen molar-refractivity contribution in [3.8, 4) is 0 Å². The Kier molecular flexibility index (Phi) is 6.31. The number of carbonyl (C=O) groups excluding carboxylic acids is 3. The maximum Gasteiger partial charge on any atom is 0.387 e. The highest BCUT2D eigenvalue weighted by Crippen LogP contribution is 2.93. The Bertz CT molecular complexity index is 5070. The number of halogens is 6. The first-order chi connectivity index (χ1) is 36.6. The molecule has 19 rings (SSSR count). The van der Waals surface area contributed by atoms with Crippen molar-refractivity contribution in [3.63, 3.8) is 0 Å². The van der Waals surface area contributed by atoms with Gasteiger partial charge in [-0.3, -0.25) is 0 Å². The summed E-state index contributed by atoms with van der Waals surface area (Å²) in [6, 6.07) is 28.8. The second kappa shape index (κ2) is 11.8. The summed E-state index contributed by atoms with van der Waals surface area (Å²) in [5.41, 5.74) is -2.30. The first kappa shape index (κ1) is 40.8. The van der Waals surface area contributed by atoms with Gasteiger partial charge < -0.3 is 24.4 Å². The summed E-state index contributed by atoms with van der Waals surface area (Å²) in [5, 5.41) is 45.3. The van der Waals surface area contributed by atoms with Gasteiger partial charge in [0.15, 0.2) is 19.8 Å². The van der Waals surface area contributed by atoms with Crippen LogP contribution in [0.5, 0.6) is 0 Å². The first-order valence-corrected chi connectivity index (χ1v) is 24.7. The number of fused-ring (bicyclic) bond motifs is 3. The van der Waals surface area contributed by atoms with Gasteiger partial charge in [0.05, 0.1) is 32.9 Å². The summed E-state index contributed by atoms with van der Waals surface area (Å²) >= 11 is 0. The quantitative estimate of drug-likeness (QED) is 0.0569. The molecule has 364 valence electrons. The molecule has 0 aromatic heterocycles. The molecule has 2 spiro atoms. The second-order valence-corrected chi connectivity index (χ2v) is 21.6. The van der Waals surface area contributed by atoms with Crippen molar-refractivity contribution in [2.24, 2.45) is 0 Å². The molecule has 5 aliphatic carbocycles. The van der Waals surface area contributed by atoms with Gasteiger partial charge in [0.2, 0.25) is 0 Å². The van der Waals surface area contributed by atoms with E-state index in [1.165, 1.54) is 43.1 Å². The van der Waals surface area contributed by atoms with Crippen LogP contribution >= 0.6 is 0 Å². The Balaban J connectivity index is 1.06. The summed E-state index contributed by atoms with van der Waals surface area (Å²) in [7, 11) is 0. The Hall–Kier alpha value is -8.59. The molecule has 14 aromatic rings. The average molecular weight is 1010 g/mol. The van der Waals surface area contributed by atoms with E-state index in [4.69, 9.17) is 14.2 Å². The number of carbonyl (C=O) groups is 3. The number of benzene rings is 10. The zero-order valence-electron chi connectivity index (χ0n) is 38.6. The maximum absolute atomic E-state index is 15.1. The summed E-state index contributed by atoms with van der Waals surface area (Å²) in [5.74, 6) is -4.75. The highest BCUT2D eigenvalue weighted by atomic mass is 19.3. The summed E-state index contributed by atoms with van der Waals surface area (Å²) in [6.45, 7) is -5.25. The van der Waals surface area contributed by atoms with E-state index in [0.29, 0.717) is 5.56 Å². The Labute approximate surface area is 418 Å². The van der Waals surface area contributed by atoms with Gasteiger partial charge in [-0.15, -0.1) is 0 Å². The third kappa shape index (κ3) is 3.71. The van der Waals surface area contributed by atoms with Crippen LogP contribution in [0.25, 0.3) is 130 Å². The summed E-state index contributed by atoms with van der Waals surface area (Å²) in [4.78, 5) is 43.8. The Morgan fingerprint density at radius 3 is 1.26 bits per heavy atom.